The molecule has 34 heavy (non-hydrogen) atoms. The van der Waals surface area contributed by atoms with Gasteiger partial charge in [0.1, 0.15) is 11.5 Å². The third-order valence-electron chi connectivity index (χ3n) is 5.37. The summed E-state index contributed by atoms with van der Waals surface area (Å²) in [6.45, 7) is 5.20. The number of carboxylic acid groups (broad SMARTS) is 1. The van der Waals surface area contributed by atoms with Gasteiger partial charge in [0.05, 0.1) is 12.9 Å². The number of hydrogen-bond acceptors (Lipinski definition) is 5. The van der Waals surface area contributed by atoms with Gasteiger partial charge in [-0.05, 0) is 48.2 Å². The molecule has 0 unspecified atom stereocenters. The highest BCUT2D eigenvalue weighted by atomic mass is 16.4. The van der Waals surface area contributed by atoms with Crippen LogP contribution in [0.15, 0.2) is 61.3 Å². The Kier molecular flexibility index (Phi) is 6.67. The molecular weight excluding hydrogens is 434 g/mol. The topological polar surface area (TPSA) is 127 Å². The van der Waals surface area contributed by atoms with E-state index in [1.807, 2.05) is 28.4 Å². The van der Waals surface area contributed by atoms with E-state index in [0.717, 1.165) is 28.8 Å². The average molecular weight is 460 g/mol. The molecule has 0 radical (unpaired) electrons. The first kappa shape index (κ1) is 22.7. The molecule has 4 rings (SSSR count). The number of nitrogens with zero attached hydrogens (tertiary/aromatic N) is 5. The van der Waals surface area contributed by atoms with Gasteiger partial charge in [0.25, 0.3) is 5.91 Å². The number of nitrogens with one attached hydrogen (secondary N) is 2. The van der Waals surface area contributed by atoms with E-state index in [9.17, 15) is 9.59 Å². The normalized spacial score (nSPS) is 10.8. The SMILES string of the molecule is Cc1cc(NC(=O)O)nc(C)c1CNC(=O)c1cn(Cc2ccc(Cn3cccn3)cc2)cn1. The highest BCUT2D eigenvalue weighted by Crippen LogP contribution is 2.17. The quantitative estimate of drug-likeness (QED) is 0.371. The fourth-order valence-electron chi connectivity index (χ4n) is 3.66. The van der Waals surface area contributed by atoms with Crippen LogP contribution in [-0.2, 0) is 19.6 Å². The van der Waals surface area contributed by atoms with E-state index in [-0.39, 0.29) is 18.3 Å². The number of hydrogen-bond donors (Lipinski definition) is 3. The van der Waals surface area contributed by atoms with Crippen molar-refractivity contribution in [3.05, 3.63) is 95.0 Å². The van der Waals surface area contributed by atoms with E-state index in [0.29, 0.717) is 17.9 Å². The number of anilines is 1. The fraction of sp³-hybridized carbons (Fsp3) is 0.208. The Labute approximate surface area is 196 Å². The number of pyridine rings is 1. The zero-order valence-electron chi connectivity index (χ0n) is 18.9. The largest absolute Gasteiger partial charge is 0.465 e. The molecule has 10 heteroatoms. The van der Waals surface area contributed by atoms with E-state index in [1.165, 1.54) is 0 Å². The molecule has 4 aromatic rings. The predicted octanol–water partition coefficient (Wildman–Crippen LogP) is 3.21. The minimum Gasteiger partial charge on any atom is -0.465 e. The second-order valence-corrected chi connectivity index (χ2v) is 7.95. The highest BCUT2D eigenvalue weighted by molar-refractivity contribution is 5.92. The summed E-state index contributed by atoms with van der Waals surface area (Å²) in [7, 11) is 0. The lowest BCUT2D eigenvalue weighted by Gasteiger charge is -2.12. The Morgan fingerprint density at radius 1 is 1.09 bits per heavy atom. The van der Waals surface area contributed by atoms with Crippen LogP contribution in [0.3, 0.4) is 0 Å². The third kappa shape index (κ3) is 5.66. The summed E-state index contributed by atoms with van der Waals surface area (Å²) in [4.78, 5) is 31.9. The number of amides is 2. The van der Waals surface area contributed by atoms with Gasteiger partial charge in [0, 0.05) is 37.4 Å². The first-order valence-corrected chi connectivity index (χ1v) is 10.7. The Morgan fingerprint density at radius 2 is 1.82 bits per heavy atom. The standard InChI is InChI=1S/C24H25N7O3/c1-16-10-22(29-24(33)34)28-17(2)20(16)11-25-23(32)21-14-30(15-26-21)12-18-4-6-19(7-5-18)13-31-9-3-8-27-31/h3-10,14-15H,11-13H2,1-2H3,(H,25,32)(H,28,29)(H,33,34). The number of carbonyl (C=O) groups is 2. The van der Waals surface area contributed by atoms with Crippen LogP contribution in [-0.4, -0.2) is 41.4 Å². The van der Waals surface area contributed by atoms with Gasteiger partial charge >= 0.3 is 6.09 Å². The molecule has 0 aliphatic rings. The van der Waals surface area contributed by atoms with Crippen molar-refractivity contribution >= 4 is 17.8 Å². The number of aromatic nitrogens is 5. The third-order valence-corrected chi connectivity index (χ3v) is 5.37. The van der Waals surface area contributed by atoms with Gasteiger partial charge in [-0.3, -0.25) is 14.8 Å². The molecule has 2 amide bonds. The van der Waals surface area contributed by atoms with Crippen LogP contribution >= 0.6 is 0 Å². The van der Waals surface area contributed by atoms with E-state index >= 15 is 0 Å². The van der Waals surface area contributed by atoms with Crippen molar-refractivity contribution in [2.75, 3.05) is 5.32 Å². The Bertz CT molecular complexity index is 1270. The molecule has 0 fully saturated rings. The number of rotatable bonds is 8. The molecule has 10 nitrogen and oxygen atoms in total. The van der Waals surface area contributed by atoms with Crippen molar-refractivity contribution in [2.45, 2.75) is 33.5 Å². The zero-order valence-corrected chi connectivity index (χ0v) is 18.9. The Hall–Kier alpha value is -4.47. The minimum absolute atomic E-state index is 0.255. The van der Waals surface area contributed by atoms with Gasteiger partial charge in [-0.25, -0.2) is 14.8 Å². The van der Waals surface area contributed by atoms with E-state index < -0.39 is 6.09 Å². The maximum Gasteiger partial charge on any atom is 0.410 e. The van der Waals surface area contributed by atoms with E-state index in [4.69, 9.17) is 5.11 Å². The molecule has 0 saturated carbocycles. The maximum absolute atomic E-state index is 12.6. The lowest BCUT2D eigenvalue weighted by molar-refractivity contribution is 0.0946. The molecule has 3 heterocycles. The molecule has 1 aromatic carbocycles. The minimum atomic E-state index is -1.17. The number of carbonyl (C=O) groups excluding carboxylic acids is 1. The Morgan fingerprint density at radius 3 is 2.47 bits per heavy atom. The summed E-state index contributed by atoms with van der Waals surface area (Å²) >= 11 is 0. The molecule has 3 N–H and O–H groups in total. The second-order valence-electron chi connectivity index (χ2n) is 7.95. The molecule has 3 aromatic heterocycles. The van der Waals surface area contributed by atoms with Crippen LogP contribution in [0.1, 0.15) is 38.4 Å². The van der Waals surface area contributed by atoms with E-state index in [2.05, 4.69) is 50.0 Å². The monoisotopic (exact) mass is 459 g/mol. The molecule has 174 valence electrons. The summed E-state index contributed by atoms with van der Waals surface area (Å²) in [5.74, 6) is -0.0365. The van der Waals surface area contributed by atoms with Gasteiger partial charge in [0.2, 0.25) is 0 Å². The van der Waals surface area contributed by atoms with Crippen LogP contribution in [0, 0.1) is 13.8 Å². The molecular formula is C24H25N7O3. The highest BCUT2D eigenvalue weighted by Gasteiger charge is 2.13. The van der Waals surface area contributed by atoms with Crippen LogP contribution in [0.5, 0.6) is 0 Å². The van der Waals surface area contributed by atoms with Crippen molar-refractivity contribution in [1.82, 2.24) is 29.6 Å². The van der Waals surface area contributed by atoms with Crippen molar-refractivity contribution in [3.8, 4) is 0 Å². The molecule has 0 bridgehead atoms. The summed E-state index contributed by atoms with van der Waals surface area (Å²) in [6, 6.07) is 11.8. The molecule has 0 aliphatic heterocycles. The van der Waals surface area contributed by atoms with Crippen molar-refractivity contribution in [2.24, 2.45) is 0 Å². The number of imidazole rings is 1. The molecule has 0 atom stereocenters. The molecule has 0 saturated heterocycles. The van der Waals surface area contributed by atoms with Crippen LogP contribution < -0.4 is 10.6 Å². The first-order valence-electron chi connectivity index (χ1n) is 10.7. The predicted molar refractivity (Wildman–Crippen MR) is 126 cm³/mol. The lowest BCUT2D eigenvalue weighted by atomic mass is 10.1. The molecule has 0 aliphatic carbocycles. The summed E-state index contributed by atoms with van der Waals surface area (Å²) in [6.07, 6.45) is 5.86. The molecule has 0 spiro atoms. The summed E-state index contributed by atoms with van der Waals surface area (Å²) in [5.41, 5.74) is 4.89. The lowest BCUT2D eigenvalue weighted by Crippen LogP contribution is -2.24. The van der Waals surface area contributed by atoms with Crippen LogP contribution in [0.25, 0.3) is 0 Å². The van der Waals surface area contributed by atoms with Gasteiger partial charge in [0.15, 0.2) is 0 Å². The van der Waals surface area contributed by atoms with Gasteiger partial charge in [-0.15, -0.1) is 0 Å². The summed E-state index contributed by atoms with van der Waals surface area (Å²) < 4.78 is 3.73. The number of aryl methyl sites for hydroxylation is 2. The van der Waals surface area contributed by atoms with Gasteiger partial charge in [-0.1, -0.05) is 24.3 Å². The zero-order chi connectivity index (χ0) is 24.1. The average Bonchev–Trinajstić information content (AvgIpc) is 3.46. The maximum atomic E-state index is 12.6. The van der Waals surface area contributed by atoms with Crippen molar-refractivity contribution < 1.29 is 14.7 Å². The fourth-order valence-corrected chi connectivity index (χ4v) is 3.66. The number of benzene rings is 1. The Balaban J connectivity index is 1.34. The van der Waals surface area contributed by atoms with Crippen LogP contribution in [0.2, 0.25) is 0 Å². The van der Waals surface area contributed by atoms with Crippen molar-refractivity contribution in [3.63, 3.8) is 0 Å². The van der Waals surface area contributed by atoms with Crippen LogP contribution in [0.4, 0.5) is 10.6 Å². The first-order chi connectivity index (χ1) is 16.4. The summed E-state index contributed by atoms with van der Waals surface area (Å²) in [5, 5.41) is 18.2. The van der Waals surface area contributed by atoms with Gasteiger partial charge in [-0.2, -0.15) is 5.10 Å². The van der Waals surface area contributed by atoms with Crippen molar-refractivity contribution in [1.29, 1.82) is 0 Å². The van der Waals surface area contributed by atoms with E-state index in [1.54, 1.807) is 31.7 Å². The second kappa shape index (κ2) is 9.99. The smallest absolute Gasteiger partial charge is 0.410 e. The van der Waals surface area contributed by atoms with Gasteiger partial charge < -0.3 is 15.0 Å².